The molecule has 0 saturated carbocycles. The van der Waals surface area contributed by atoms with Crippen LogP contribution in [0.1, 0.15) is 35.3 Å². The number of carbonyl (C=O) groups excluding carboxylic acids is 1. The minimum Gasteiger partial charge on any atom is -0.376 e. The topological polar surface area (TPSA) is 76.4 Å². The SMILES string of the molecule is Cc1cc(N2CCN(C(=O)c3ccccn3)CC2)ccc1-c1cn(CC2CCCCO2)nn1. The van der Waals surface area contributed by atoms with Crippen LogP contribution in [0, 0.1) is 6.92 Å². The summed E-state index contributed by atoms with van der Waals surface area (Å²) in [6.07, 6.45) is 7.38. The molecule has 1 unspecified atom stereocenters. The van der Waals surface area contributed by atoms with E-state index in [1.165, 1.54) is 17.7 Å². The molecule has 2 aliphatic heterocycles. The van der Waals surface area contributed by atoms with E-state index in [0.29, 0.717) is 18.8 Å². The van der Waals surface area contributed by atoms with Crippen LogP contribution in [-0.4, -0.2) is 69.7 Å². The third kappa shape index (κ3) is 4.90. The molecule has 0 spiro atoms. The largest absolute Gasteiger partial charge is 0.376 e. The Labute approximate surface area is 194 Å². The standard InChI is InChI=1S/C25H30N6O2/c1-19-16-20(29-11-13-30(14-12-29)25(32)23-7-2-4-10-26-23)8-9-22(19)24-18-31(28-27-24)17-21-6-3-5-15-33-21/h2,4,7-10,16,18,21H,3,5-6,11-15,17H2,1H3. The number of aryl methyl sites for hydroxylation is 1. The third-order valence-corrected chi connectivity index (χ3v) is 6.51. The number of anilines is 1. The summed E-state index contributed by atoms with van der Waals surface area (Å²) < 4.78 is 7.73. The van der Waals surface area contributed by atoms with Crippen molar-refractivity contribution in [3.63, 3.8) is 0 Å². The van der Waals surface area contributed by atoms with E-state index in [-0.39, 0.29) is 12.0 Å². The quantitative estimate of drug-likeness (QED) is 0.599. The minimum atomic E-state index is 0.00323. The molecule has 1 amide bonds. The van der Waals surface area contributed by atoms with E-state index < -0.39 is 0 Å². The van der Waals surface area contributed by atoms with Gasteiger partial charge in [-0.05, 0) is 56.0 Å². The van der Waals surface area contributed by atoms with Crippen molar-refractivity contribution < 1.29 is 9.53 Å². The van der Waals surface area contributed by atoms with Gasteiger partial charge in [-0.25, -0.2) is 4.68 Å². The molecule has 8 nitrogen and oxygen atoms in total. The van der Waals surface area contributed by atoms with E-state index in [9.17, 15) is 4.79 Å². The molecule has 0 N–H and O–H groups in total. The van der Waals surface area contributed by atoms with Gasteiger partial charge in [0, 0.05) is 50.2 Å². The van der Waals surface area contributed by atoms with Gasteiger partial charge in [0.1, 0.15) is 11.4 Å². The number of pyridine rings is 1. The number of amides is 1. The first-order valence-electron chi connectivity index (χ1n) is 11.8. The summed E-state index contributed by atoms with van der Waals surface area (Å²) in [5, 5.41) is 8.73. The highest BCUT2D eigenvalue weighted by molar-refractivity contribution is 5.92. The molecule has 0 bridgehead atoms. The predicted octanol–water partition coefficient (Wildman–Crippen LogP) is 3.18. The molecular formula is C25H30N6O2. The van der Waals surface area contributed by atoms with Gasteiger partial charge in [0.2, 0.25) is 0 Å². The number of hydrogen-bond acceptors (Lipinski definition) is 6. The summed E-state index contributed by atoms with van der Waals surface area (Å²) in [5.74, 6) is 0.00323. The zero-order valence-corrected chi connectivity index (χ0v) is 19.1. The fourth-order valence-electron chi connectivity index (χ4n) is 4.62. The minimum absolute atomic E-state index is 0.00323. The van der Waals surface area contributed by atoms with Crippen LogP contribution in [0.5, 0.6) is 0 Å². The van der Waals surface area contributed by atoms with E-state index in [1.807, 2.05) is 27.9 Å². The van der Waals surface area contributed by atoms with Crippen LogP contribution in [0.3, 0.4) is 0 Å². The molecule has 33 heavy (non-hydrogen) atoms. The molecule has 3 aromatic rings. The molecule has 2 aliphatic rings. The van der Waals surface area contributed by atoms with Gasteiger partial charge in [0.15, 0.2) is 0 Å². The molecule has 1 atom stereocenters. The maximum absolute atomic E-state index is 12.6. The fourth-order valence-corrected chi connectivity index (χ4v) is 4.62. The fraction of sp³-hybridized carbons (Fsp3) is 0.440. The maximum Gasteiger partial charge on any atom is 0.272 e. The van der Waals surface area contributed by atoms with Gasteiger partial charge in [-0.15, -0.1) is 5.10 Å². The van der Waals surface area contributed by atoms with Crippen LogP contribution in [0.2, 0.25) is 0 Å². The van der Waals surface area contributed by atoms with Crippen LogP contribution in [0.15, 0.2) is 48.8 Å². The lowest BCUT2D eigenvalue weighted by Gasteiger charge is -2.36. The Hall–Kier alpha value is -3.26. The second kappa shape index (κ2) is 9.70. The molecule has 1 aromatic carbocycles. The number of nitrogens with zero attached hydrogens (tertiary/aromatic N) is 6. The van der Waals surface area contributed by atoms with Crippen LogP contribution >= 0.6 is 0 Å². The van der Waals surface area contributed by atoms with E-state index in [0.717, 1.165) is 50.3 Å². The summed E-state index contributed by atoms with van der Waals surface area (Å²) in [6.45, 7) is 6.69. The number of ether oxygens (including phenoxy) is 1. The Kier molecular flexibility index (Phi) is 6.35. The number of aromatic nitrogens is 4. The molecule has 0 radical (unpaired) electrons. The average molecular weight is 447 g/mol. The highest BCUT2D eigenvalue weighted by atomic mass is 16.5. The molecule has 2 fully saturated rings. The van der Waals surface area contributed by atoms with Crippen molar-refractivity contribution in [3.05, 3.63) is 60.0 Å². The molecule has 8 heteroatoms. The van der Waals surface area contributed by atoms with Gasteiger partial charge >= 0.3 is 0 Å². The Morgan fingerprint density at radius 3 is 2.73 bits per heavy atom. The van der Waals surface area contributed by atoms with Gasteiger partial charge in [-0.2, -0.15) is 0 Å². The van der Waals surface area contributed by atoms with Crippen molar-refractivity contribution in [2.24, 2.45) is 0 Å². The van der Waals surface area contributed by atoms with Gasteiger partial charge in [0.25, 0.3) is 5.91 Å². The molecular weight excluding hydrogens is 416 g/mol. The number of carbonyl (C=O) groups is 1. The van der Waals surface area contributed by atoms with Gasteiger partial charge in [0.05, 0.1) is 18.8 Å². The molecule has 0 aliphatic carbocycles. The third-order valence-electron chi connectivity index (χ3n) is 6.51. The zero-order valence-electron chi connectivity index (χ0n) is 19.1. The highest BCUT2D eigenvalue weighted by Gasteiger charge is 2.23. The molecule has 2 aromatic heterocycles. The maximum atomic E-state index is 12.6. The summed E-state index contributed by atoms with van der Waals surface area (Å²) in [5.41, 5.74) is 4.83. The van der Waals surface area contributed by atoms with Gasteiger partial charge < -0.3 is 14.5 Å². The van der Waals surface area contributed by atoms with E-state index in [4.69, 9.17) is 4.74 Å². The van der Waals surface area contributed by atoms with E-state index >= 15 is 0 Å². The van der Waals surface area contributed by atoms with Gasteiger partial charge in [-0.1, -0.05) is 17.3 Å². The summed E-state index contributed by atoms with van der Waals surface area (Å²) >= 11 is 0. The van der Waals surface area contributed by atoms with Crippen molar-refractivity contribution in [2.45, 2.75) is 38.8 Å². The van der Waals surface area contributed by atoms with Crippen LogP contribution in [0.4, 0.5) is 5.69 Å². The molecule has 4 heterocycles. The first-order valence-corrected chi connectivity index (χ1v) is 11.8. The summed E-state index contributed by atoms with van der Waals surface area (Å²) in [7, 11) is 0. The van der Waals surface area contributed by atoms with E-state index in [2.05, 4.69) is 45.3 Å². The molecule has 2 saturated heterocycles. The number of piperazine rings is 1. The van der Waals surface area contributed by atoms with Crippen LogP contribution < -0.4 is 4.90 Å². The van der Waals surface area contributed by atoms with Crippen LogP contribution in [-0.2, 0) is 11.3 Å². The molecule has 172 valence electrons. The zero-order chi connectivity index (χ0) is 22.6. The lowest BCUT2D eigenvalue weighted by Crippen LogP contribution is -2.49. The number of benzene rings is 1. The van der Waals surface area contributed by atoms with E-state index in [1.54, 1.807) is 12.3 Å². The van der Waals surface area contributed by atoms with Crippen molar-refractivity contribution in [1.29, 1.82) is 0 Å². The normalized spacial score (nSPS) is 19.0. The number of rotatable bonds is 5. The lowest BCUT2D eigenvalue weighted by molar-refractivity contribution is 0.00370. The van der Waals surface area contributed by atoms with Gasteiger partial charge in [-0.3, -0.25) is 9.78 Å². The first-order chi connectivity index (χ1) is 16.2. The Morgan fingerprint density at radius 1 is 1.12 bits per heavy atom. The first kappa shape index (κ1) is 21.6. The monoisotopic (exact) mass is 446 g/mol. The average Bonchev–Trinajstić information content (AvgIpc) is 3.33. The predicted molar refractivity (Wildman–Crippen MR) is 126 cm³/mol. The Bertz CT molecular complexity index is 1090. The lowest BCUT2D eigenvalue weighted by atomic mass is 10.0. The van der Waals surface area contributed by atoms with Crippen LogP contribution in [0.25, 0.3) is 11.3 Å². The number of hydrogen-bond donors (Lipinski definition) is 0. The Balaban J connectivity index is 1.21. The Morgan fingerprint density at radius 2 is 2.00 bits per heavy atom. The highest BCUT2D eigenvalue weighted by Crippen LogP contribution is 2.27. The van der Waals surface area contributed by atoms with Crippen molar-refractivity contribution in [3.8, 4) is 11.3 Å². The summed E-state index contributed by atoms with van der Waals surface area (Å²) in [4.78, 5) is 21.1. The van der Waals surface area contributed by atoms with Crippen molar-refractivity contribution in [2.75, 3.05) is 37.7 Å². The second-order valence-corrected chi connectivity index (χ2v) is 8.81. The smallest absolute Gasteiger partial charge is 0.272 e. The second-order valence-electron chi connectivity index (χ2n) is 8.81. The van der Waals surface area contributed by atoms with Crippen molar-refractivity contribution >= 4 is 11.6 Å². The van der Waals surface area contributed by atoms with Crippen molar-refractivity contribution in [1.82, 2.24) is 24.9 Å². The summed E-state index contributed by atoms with van der Waals surface area (Å²) in [6, 6.07) is 11.9. The molecule has 5 rings (SSSR count).